The van der Waals surface area contributed by atoms with Gasteiger partial charge in [-0.25, -0.2) is 4.98 Å². The molecule has 0 radical (unpaired) electrons. The van der Waals surface area contributed by atoms with Gasteiger partial charge in [0.2, 0.25) is 0 Å². The third-order valence-electron chi connectivity index (χ3n) is 4.53. The molecular weight excluding hydrogens is 473 g/mol. The fourth-order valence-electron chi connectivity index (χ4n) is 3.07. The van der Waals surface area contributed by atoms with Crippen molar-refractivity contribution in [2.24, 2.45) is 0 Å². The number of non-ortho nitro benzene ring substituents is 1. The Bertz CT molecular complexity index is 1320. The lowest BCUT2D eigenvalue weighted by Crippen LogP contribution is -2.26. The Morgan fingerprint density at radius 1 is 1.12 bits per heavy atom. The van der Waals surface area contributed by atoms with E-state index in [1.807, 2.05) is 6.92 Å². The summed E-state index contributed by atoms with van der Waals surface area (Å²) in [7, 11) is 0. The molecule has 0 N–H and O–H groups in total. The fraction of sp³-hybridized carbons (Fsp3) is 0.0909. The maximum Gasteiger partial charge on any atom is 0.270 e. The summed E-state index contributed by atoms with van der Waals surface area (Å²) in [5.41, 5.74) is 1.28. The Morgan fingerprint density at radius 2 is 1.88 bits per heavy atom. The molecule has 1 heterocycles. The van der Waals surface area contributed by atoms with Crippen LogP contribution in [0.3, 0.4) is 0 Å². The summed E-state index contributed by atoms with van der Waals surface area (Å²) in [5.74, 6) is 0.248. The van der Waals surface area contributed by atoms with Crippen LogP contribution in [0, 0.1) is 10.1 Å². The van der Waals surface area contributed by atoms with Crippen LogP contribution in [0.5, 0.6) is 5.75 Å². The highest BCUT2D eigenvalue weighted by Gasteiger charge is 2.25. The highest BCUT2D eigenvalue weighted by molar-refractivity contribution is 7.22. The van der Waals surface area contributed by atoms with Gasteiger partial charge in [0, 0.05) is 17.2 Å². The molecule has 0 saturated carbocycles. The van der Waals surface area contributed by atoms with Gasteiger partial charge in [-0.05, 0) is 55.5 Å². The molecule has 7 nitrogen and oxygen atoms in total. The standard InChI is InChI=1S/C22H15Cl2N3O4S/c1-2-31-16-7-4-14(5-8-16)26(21(28)17-9-3-13(23)11-18(17)24)22-25-19-10-6-15(27(29)30)12-20(19)32-22/h3-12H,2H2,1H3. The van der Waals surface area contributed by atoms with E-state index < -0.39 is 10.8 Å². The lowest BCUT2D eigenvalue weighted by Gasteiger charge is -2.21. The van der Waals surface area contributed by atoms with Gasteiger partial charge in [0.05, 0.1) is 38.0 Å². The van der Waals surface area contributed by atoms with Gasteiger partial charge < -0.3 is 4.74 Å². The molecule has 0 aliphatic rings. The monoisotopic (exact) mass is 487 g/mol. The minimum atomic E-state index is -0.471. The van der Waals surface area contributed by atoms with E-state index in [4.69, 9.17) is 27.9 Å². The minimum absolute atomic E-state index is 0.0487. The van der Waals surface area contributed by atoms with Crippen LogP contribution in [0.25, 0.3) is 10.2 Å². The van der Waals surface area contributed by atoms with Crippen LogP contribution in [0.2, 0.25) is 10.0 Å². The highest BCUT2D eigenvalue weighted by atomic mass is 35.5. The van der Waals surface area contributed by atoms with Gasteiger partial charge in [-0.1, -0.05) is 34.5 Å². The Morgan fingerprint density at radius 3 is 2.53 bits per heavy atom. The smallest absolute Gasteiger partial charge is 0.270 e. The number of fused-ring (bicyclic) bond motifs is 1. The van der Waals surface area contributed by atoms with Crippen LogP contribution in [0.4, 0.5) is 16.5 Å². The van der Waals surface area contributed by atoms with Gasteiger partial charge in [-0.15, -0.1) is 0 Å². The maximum absolute atomic E-state index is 13.6. The predicted molar refractivity (Wildman–Crippen MR) is 127 cm³/mol. The van der Waals surface area contributed by atoms with Crippen LogP contribution in [-0.2, 0) is 0 Å². The first-order chi connectivity index (χ1) is 15.4. The summed E-state index contributed by atoms with van der Waals surface area (Å²) in [4.78, 5) is 30.2. The third kappa shape index (κ3) is 4.38. The molecule has 0 aliphatic carbocycles. The Hall–Kier alpha value is -3.20. The molecule has 0 atom stereocenters. The molecule has 0 bridgehead atoms. The molecule has 32 heavy (non-hydrogen) atoms. The Kier molecular flexibility index (Phi) is 6.27. The van der Waals surface area contributed by atoms with Crippen molar-refractivity contribution in [3.05, 3.63) is 86.4 Å². The van der Waals surface area contributed by atoms with Crippen LogP contribution < -0.4 is 9.64 Å². The number of ether oxygens (including phenoxy) is 1. The number of hydrogen-bond donors (Lipinski definition) is 0. The lowest BCUT2D eigenvalue weighted by molar-refractivity contribution is -0.384. The zero-order chi connectivity index (χ0) is 22.8. The van der Waals surface area contributed by atoms with E-state index in [0.29, 0.717) is 38.4 Å². The van der Waals surface area contributed by atoms with Crippen LogP contribution in [0.1, 0.15) is 17.3 Å². The number of carbonyl (C=O) groups is 1. The number of rotatable bonds is 6. The SMILES string of the molecule is CCOc1ccc(N(C(=O)c2ccc(Cl)cc2Cl)c2nc3ccc([N+](=O)[O-])cc3s2)cc1. The number of aromatic nitrogens is 1. The number of nitrogens with zero attached hydrogens (tertiary/aromatic N) is 3. The van der Waals surface area contributed by atoms with Crippen LogP contribution >= 0.6 is 34.5 Å². The number of nitro groups is 1. The van der Waals surface area contributed by atoms with Gasteiger partial charge in [-0.3, -0.25) is 19.8 Å². The summed E-state index contributed by atoms with van der Waals surface area (Å²) < 4.78 is 6.07. The van der Waals surface area contributed by atoms with Gasteiger partial charge >= 0.3 is 0 Å². The van der Waals surface area contributed by atoms with Gasteiger partial charge in [0.25, 0.3) is 11.6 Å². The van der Waals surface area contributed by atoms with Crippen LogP contribution in [-0.4, -0.2) is 22.4 Å². The average molecular weight is 488 g/mol. The zero-order valence-corrected chi connectivity index (χ0v) is 18.9. The molecule has 10 heteroatoms. The first-order valence-electron chi connectivity index (χ1n) is 9.44. The largest absolute Gasteiger partial charge is 0.494 e. The second kappa shape index (κ2) is 9.12. The molecule has 0 aliphatic heterocycles. The minimum Gasteiger partial charge on any atom is -0.494 e. The normalized spacial score (nSPS) is 10.8. The molecule has 0 spiro atoms. The van der Waals surface area contributed by atoms with Crippen molar-refractivity contribution < 1.29 is 14.5 Å². The molecule has 0 fully saturated rings. The van der Waals surface area contributed by atoms with E-state index in [1.165, 1.54) is 34.4 Å². The first kappa shape index (κ1) is 22.0. The molecule has 4 aromatic rings. The number of hydrogen-bond acceptors (Lipinski definition) is 6. The number of thiazole rings is 1. The van der Waals surface area contributed by atoms with E-state index in [2.05, 4.69) is 4.98 Å². The van der Waals surface area contributed by atoms with Crippen molar-refractivity contribution in [1.82, 2.24) is 4.98 Å². The van der Waals surface area contributed by atoms with Crippen LogP contribution in [0.15, 0.2) is 60.7 Å². The van der Waals surface area contributed by atoms with Crippen molar-refractivity contribution in [3.8, 4) is 5.75 Å². The predicted octanol–water partition coefficient (Wildman–Crippen LogP) is 6.89. The quantitative estimate of drug-likeness (QED) is 0.218. The second-order valence-electron chi connectivity index (χ2n) is 6.60. The third-order valence-corrected chi connectivity index (χ3v) is 6.08. The summed E-state index contributed by atoms with van der Waals surface area (Å²) >= 11 is 13.5. The van der Waals surface area contributed by atoms with E-state index in [1.54, 1.807) is 42.5 Å². The number of benzene rings is 3. The number of nitro benzene ring substituents is 1. The van der Waals surface area contributed by atoms with Gasteiger partial charge in [0.15, 0.2) is 5.13 Å². The molecule has 1 amide bonds. The Balaban J connectivity index is 1.84. The van der Waals surface area contributed by atoms with Crippen molar-refractivity contribution in [2.75, 3.05) is 11.5 Å². The number of carbonyl (C=O) groups excluding carboxylic acids is 1. The molecule has 0 saturated heterocycles. The van der Waals surface area contributed by atoms with Crippen molar-refractivity contribution in [1.29, 1.82) is 0 Å². The van der Waals surface area contributed by atoms with Crippen molar-refractivity contribution in [3.63, 3.8) is 0 Å². The zero-order valence-electron chi connectivity index (χ0n) is 16.6. The lowest BCUT2D eigenvalue weighted by atomic mass is 10.2. The van der Waals surface area contributed by atoms with E-state index in [-0.39, 0.29) is 16.3 Å². The molecule has 4 rings (SSSR count). The average Bonchev–Trinajstić information content (AvgIpc) is 3.18. The fourth-order valence-corrected chi connectivity index (χ4v) is 4.57. The number of amides is 1. The summed E-state index contributed by atoms with van der Waals surface area (Å²) in [6.07, 6.45) is 0. The number of halogens is 2. The molecular formula is C22H15Cl2N3O4S. The van der Waals surface area contributed by atoms with Gasteiger partial charge in [-0.2, -0.15) is 0 Å². The van der Waals surface area contributed by atoms with Gasteiger partial charge in [0.1, 0.15) is 5.75 Å². The van der Waals surface area contributed by atoms with E-state index >= 15 is 0 Å². The summed E-state index contributed by atoms with van der Waals surface area (Å²) in [6, 6.07) is 16.0. The highest BCUT2D eigenvalue weighted by Crippen LogP contribution is 2.37. The topological polar surface area (TPSA) is 85.6 Å². The molecule has 3 aromatic carbocycles. The Labute approximate surface area is 196 Å². The molecule has 162 valence electrons. The number of anilines is 2. The van der Waals surface area contributed by atoms with E-state index in [9.17, 15) is 14.9 Å². The second-order valence-corrected chi connectivity index (χ2v) is 8.45. The summed E-state index contributed by atoms with van der Waals surface area (Å²) in [5, 5.41) is 12.1. The van der Waals surface area contributed by atoms with Crippen molar-refractivity contribution >= 4 is 67.2 Å². The molecule has 1 aromatic heterocycles. The van der Waals surface area contributed by atoms with Crippen molar-refractivity contribution in [2.45, 2.75) is 6.92 Å². The maximum atomic E-state index is 13.6. The van der Waals surface area contributed by atoms with E-state index in [0.717, 1.165) is 0 Å². The summed E-state index contributed by atoms with van der Waals surface area (Å²) in [6.45, 7) is 2.39. The first-order valence-corrected chi connectivity index (χ1v) is 11.0. The molecule has 0 unspecified atom stereocenters.